The van der Waals surface area contributed by atoms with Crippen molar-refractivity contribution in [1.82, 2.24) is 4.31 Å². The molecule has 1 aliphatic heterocycles. The number of carbonyl (C=O) groups excluding carboxylic acids is 1. The molecular weight excluding hydrogens is 450 g/mol. The number of benzene rings is 2. The lowest BCUT2D eigenvalue weighted by Gasteiger charge is -2.28. The summed E-state index contributed by atoms with van der Waals surface area (Å²) in [6.45, 7) is -0.129. The van der Waals surface area contributed by atoms with Gasteiger partial charge in [-0.05, 0) is 53.3 Å². The molecule has 7 nitrogen and oxygen atoms in total. The van der Waals surface area contributed by atoms with Crippen LogP contribution in [0.5, 0.6) is 5.75 Å². The number of aliphatic carboxylic acids is 1. The van der Waals surface area contributed by atoms with E-state index < -0.39 is 27.8 Å². The number of nitrogens with zero attached hydrogens (tertiary/aromatic N) is 1. The zero-order valence-corrected chi connectivity index (χ0v) is 18.8. The lowest BCUT2D eigenvalue weighted by Crippen LogP contribution is -2.49. The Labute approximate surface area is 189 Å². The molecule has 0 radical (unpaired) electrons. The fourth-order valence-electron chi connectivity index (χ4n) is 3.95. The van der Waals surface area contributed by atoms with E-state index in [0.29, 0.717) is 22.6 Å². The van der Waals surface area contributed by atoms with Gasteiger partial charge < -0.3 is 9.84 Å². The molecule has 2 heterocycles. The summed E-state index contributed by atoms with van der Waals surface area (Å²) in [5, 5.41) is 11.6. The van der Waals surface area contributed by atoms with Gasteiger partial charge in [0, 0.05) is 12.5 Å². The van der Waals surface area contributed by atoms with Crippen LogP contribution in [0.15, 0.2) is 70.9 Å². The van der Waals surface area contributed by atoms with Crippen LogP contribution >= 0.6 is 11.3 Å². The standard InChI is InChI=1S/C23H21NO6S2/c1-30-17-7-9-18(10-8-17)32(28,29)24-14-16(13-15-5-3-2-4-6-15)19-11-12-31-22(19)21(25)20(24)23(26)27/h2-12,16,20H,13-14H2,1H3,(H,26,27). The van der Waals surface area contributed by atoms with E-state index in [4.69, 9.17) is 4.74 Å². The van der Waals surface area contributed by atoms with E-state index in [1.807, 2.05) is 30.3 Å². The third kappa shape index (κ3) is 4.06. The third-order valence-corrected chi connectivity index (χ3v) is 8.31. The van der Waals surface area contributed by atoms with Crippen LogP contribution in [0, 0.1) is 0 Å². The first-order chi connectivity index (χ1) is 15.3. The van der Waals surface area contributed by atoms with E-state index in [1.165, 1.54) is 31.4 Å². The van der Waals surface area contributed by atoms with Crippen molar-refractivity contribution in [3.8, 4) is 5.75 Å². The Morgan fingerprint density at radius 2 is 1.81 bits per heavy atom. The Morgan fingerprint density at radius 1 is 1.12 bits per heavy atom. The van der Waals surface area contributed by atoms with Gasteiger partial charge in [-0.25, -0.2) is 13.2 Å². The van der Waals surface area contributed by atoms with Crippen molar-refractivity contribution in [1.29, 1.82) is 0 Å². The zero-order valence-electron chi connectivity index (χ0n) is 17.2. The maximum Gasteiger partial charge on any atom is 0.330 e. The van der Waals surface area contributed by atoms with Crippen molar-refractivity contribution >= 4 is 33.1 Å². The van der Waals surface area contributed by atoms with Crippen molar-refractivity contribution in [2.24, 2.45) is 0 Å². The number of sulfonamides is 1. The molecule has 0 aliphatic carbocycles. The van der Waals surface area contributed by atoms with Gasteiger partial charge in [0.25, 0.3) is 0 Å². The Kier molecular flexibility index (Phi) is 6.14. The number of rotatable bonds is 6. The molecule has 1 aliphatic rings. The van der Waals surface area contributed by atoms with Crippen LogP contribution in [0.3, 0.4) is 0 Å². The summed E-state index contributed by atoms with van der Waals surface area (Å²) >= 11 is 1.14. The highest BCUT2D eigenvalue weighted by molar-refractivity contribution is 7.89. The Balaban J connectivity index is 1.81. The van der Waals surface area contributed by atoms with Crippen molar-refractivity contribution in [3.63, 3.8) is 0 Å². The summed E-state index contributed by atoms with van der Waals surface area (Å²) in [6.07, 6.45) is 0.471. The van der Waals surface area contributed by atoms with Crippen molar-refractivity contribution < 1.29 is 27.9 Å². The van der Waals surface area contributed by atoms with Gasteiger partial charge in [0.05, 0.1) is 16.9 Å². The van der Waals surface area contributed by atoms with Gasteiger partial charge in [0.2, 0.25) is 15.8 Å². The molecule has 2 unspecified atom stereocenters. The fraction of sp³-hybridized carbons (Fsp3) is 0.217. The van der Waals surface area contributed by atoms with Crippen molar-refractivity contribution in [2.45, 2.75) is 23.3 Å². The summed E-state index contributed by atoms with van der Waals surface area (Å²) in [5.41, 5.74) is 1.65. The maximum absolute atomic E-state index is 13.5. The SMILES string of the molecule is COc1ccc(S(=O)(=O)N2CC(Cc3ccccc3)c3ccsc3C(=O)C2C(=O)O)cc1. The molecule has 0 saturated heterocycles. The first-order valence-electron chi connectivity index (χ1n) is 9.87. The van der Waals surface area contributed by atoms with E-state index in [-0.39, 0.29) is 17.4 Å². The molecule has 0 amide bonds. The number of hydrogen-bond donors (Lipinski definition) is 1. The molecule has 2 aromatic carbocycles. The highest BCUT2D eigenvalue weighted by atomic mass is 32.2. The number of ether oxygens (including phenoxy) is 1. The van der Waals surface area contributed by atoms with Gasteiger partial charge in [-0.1, -0.05) is 30.3 Å². The summed E-state index contributed by atoms with van der Waals surface area (Å²) in [4.78, 5) is 25.6. The second-order valence-corrected chi connectivity index (χ2v) is 10.3. The Bertz CT molecular complexity index is 1240. The van der Waals surface area contributed by atoms with Gasteiger partial charge in [0.15, 0.2) is 6.04 Å². The van der Waals surface area contributed by atoms with Gasteiger partial charge in [0.1, 0.15) is 5.75 Å². The monoisotopic (exact) mass is 471 g/mol. The Morgan fingerprint density at radius 3 is 2.44 bits per heavy atom. The molecule has 0 saturated carbocycles. The molecule has 1 aromatic heterocycles. The summed E-state index contributed by atoms with van der Waals surface area (Å²) < 4.78 is 33.0. The van der Waals surface area contributed by atoms with E-state index in [0.717, 1.165) is 21.2 Å². The number of carboxylic acids is 1. The molecule has 1 N–H and O–H groups in total. The number of Topliss-reactive ketones (excluding diaryl/α,β-unsaturated/α-hetero) is 1. The van der Waals surface area contributed by atoms with E-state index >= 15 is 0 Å². The lowest BCUT2D eigenvalue weighted by molar-refractivity contribution is -0.139. The maximum atomic E-state index is 13.5. The minimum absolute atomic E-state index is 0.0962. The topological polar surface area (TPSA) is 101 Å². The quantitative estimate of drug-likeness (QED) is 0.553. The van der Waals surface area contributed by atoms with Gasteiger partial charge in [-0.2, -0.15) is 4.31 Å². The largest absolute Gasteiger partial charge is 0.497 e. The van der Waals surface area contributed by atoms with Gasteiger partial charge in [-0.15, -0.1) is 11.3 Å². The molecule has 3 aromatic rings. The number of carboxylic acid groups (broad SMARTS) is 1. The molecule has 0 bridgehead atoms. The molecule has 0 spiro atoms. The first kappa shape index (κ1) is 22.2. The molecule has 4 rings (SSSR count). The second-order valence-electron chi connectivity index (χ2n) is 7.45. The number of ketones is 1. The van der Waals surface area contributed by atoms with Gasteiger partial charge in [-0.3, -0.25) is 4.79 Å². The molecule has 2 atom stereocenters. The minimum Gasteiger partial charge on any atom is -0.497 e. The normalized spacial score (nSPS) is 19.2. The number of carbonyl (C=O) groups is 2. The average molecular weight is 472 g/mol. The molecule has 9 heteroatoms. The second kappa shape index (κ2) is 8.85. The predicted molar refractivity (Wildman–Crippen MR) is 120 cm³/mol. The van der Waals surface area contributed by atoms with Crippen LogP contribution in [0.2, 0.25) is 0 Å². The third-order valence-electron chi connectivity index (χ3n) is 5.52. The van der Waals surface area contributed by atoms with Crippen molar-refractivity contribution in [3.05, 3.63) is 82.0 Å². The number of thiophene rings is 1. The molecule has 0 fully saturated rings. The van der Waals surface area contributed by atoms with Crippen molar-refractivity contribution in [2.75, 3.05) is 13.7 Å². The number of methoxy groups -OCH3 is 1. The predicted octanol–water partition coefficient (Wildman–Crippen LogP) is 3.42. The number of fused-ring (bicyclic) bond motifs is 1. The number of hydrogen-bond acceptors (Lipinski definition) is 6. The summed E-state index contributed by atoms with van der Waals surface area (Å²) in [6, 6.07) is 15.1. The lowest BCUT2D eigenvalue weighted by atomic mass is 9.92. The van der Waals surface area contributed by atoms with Gasteiger partial charge >= 0.3 is 5.97 Å². The Hall–Kier alpha value is -3.01. The highest BCUT2D eigenvalue weighted by Crippen LogP contribution is 2.36. The van der Waals surface area contributed by atoms with Crippen LogP contribution < -0.4 is 4.74 Å². The van der Waals surface area contributed by atoms with Crippen LogP contribution in [-0.4, -0.2) is 49.3 Å². The summed E-state index contributed by atoms with van der Waals surface area (Å²) in [7, 11) is -2.82. The van der Waals surface area contributed by atoms with E-state index in [2.05, 4.69) is 0 Å². The molecular formula is C23H21NO6S2. The fourth-order valence-corrected chi connectivity index (χ4v) is 6.49. The van der Waals surface area contributed by atoms with Crippen LogP contribution in [0.4, 0.5) is 0 Å². The zero-order chi connectivity index (χ0) is 22.9. The first-order valence-corrected chi connectivity index (χ1v) is 12.2. The average Bonchev–Trinajstić information content (AvgIpc) is 3.24. The van der Waals surface area contributed by atoms with E-state index in [1.54, 1.807) is 11.4 Å². The highest BCUT2D eigenvalue weighted by Gasteiger charge is 2.46. The van der Waals surface area contributed by atoms with Crippen LogP contribution in [0.25, 0.3) is 0 Å². The summed E-state index contributed by atoms with van der Waals surface area (Å²) in [5.74, 6) is -2.11. The van der Waals surface area contributed by atoms with Crippen LogP contribution in [-0.2, 0) is 21.2 Å². The molecule has 32 heavy (non-hydrogen) atoms. The smallest absolute Gasteiger partial charge is 0.330 e. The van der Waals surface area contributed by atoms with E-state index in [9.17, 15) is 23.1 Å². The van der Waals surface area contributed by atoms with Crippen LogP contribution in [0.1, 0.15) is 26.7 Å². The minimum atomic E-state index is -4.28. The molecule has 166 valence electrons.